The minimum atomic E-state index is -1.77. The molecular weight excluding hydrogens is 453 g/mol. The van der Waals surface area contributed by atoms with Crippen LogP contribution in [-0.4, -0.2) is 53.1 Å². The van der Waals surface area contributed by atoms with Crippen molar-refractivity contribution in [1.29, 1.82) is 5.26 Å². The molecule has 0 radical (unpaired) electrons. The maximum absolute atomic E-state index is 14.5. The predicted molar refractivity (Wildman–Crippen MR) is 128 cm³/mol. The van der Waals surface area contributed by atoms with E-state index in [2.05, 4.69) is 20.9 Å². The van der Waals surface area contributed by atoms with E-state index in [4.69, 9.17) is 4.74 Å². The monoisotopic (exact) mass is 485 g/mol. The summed E-state index contributed by atoms with van der Waals surface area (Å²) in [6.07, 6.45) is 0.351. The number of nitrogens with one attached hydrogen (secondary N) is 4. The number of carbonyl (C=O) groups is 3. The molecule has 0 saturated carbocycles. The number of hydrogen-bond acceptors (Lipinski definition) is 5. The Bertz CT molecular complexity index is 1160. The molecule has 3 amide bonds. The Hall–Kier alpha value is -3.61. The summed E-state index contributed by atoms with van der Waals surface area (Å²) in [7, 11) is 1.52. The van der Waals surface area contributed by atoms with E-state index in [0.29, 0.717) is 23.1 Å². The van der Waals surface area contributed by atoms with Gasteiger partial charge in [-0.1, -0.05) is 6.07 Å². The van der Waals surface area contributed by atoms with Crippen molar-refractivity contribution in [2.45, 2.75) is 70.2 Å². The summed E-state index contributed by atoms with van der Waals surface area (Å²) in [5.41, 5.74) is -1.30. The van der Waals surface area contributed by atoms with E-state index >= 15 is 0 Å². The van der Waals surface area contributed by atoms with Crippen molar-refractivity contribution in [3.05, 3.63) is 30.0 Å². The summed E-state index contributed by atoms with van der Waals surface area (Å²) in [5, 5.41) is 18.3. The molecule has 2 aromatic rings. The molecule has 3 atom stereocenters. The van der Waals surface area contributed by atoms with Crippen molar-refractivity contribution in [3.63, 3.8) is 0 Å². The van der Waals surface area contributed by atoms with Crippen LogP contribution in [0.25, 0.3) is 10.9 Å². The molecule has 1 aromatic heterocycles. The number of amides is 3. The third kappa shape index (κ3) is 6.50. The van der Waals surface area contributed by atoms with Gasteiger partial charge < -0.3 is 25.7 Å². The topological polar surface area (TPSA) is 136 Å². The number of H-pyrrole nitrogens is 1. The minimum Gasteiger partial charge on any atom is -0.496 e. The molecule has 1 aliphatic heterocycles. The molecular formula is C25H32FN5O4. The van der Waals surface area contributed by atoms with Crippen molar-refractivity contribution in [1.82, 2.24) is 20.9 Å². The summed E-state index contributed by atoms with van der Waals surface area (Å²) in [4.78, 5) is 41.2. The van der Waals surface area contributed by atoms with Gasteiger partial charge in [0, 0.05) is 28.8 Å². The normalized spacial score (nSPS) is 18.9. The number of aromatic amines is 1. The van der Waals surface area contributed by atoms with Gasteiger partial charge in [-0.25, -0.2) is 4.39 Å². The molecule has 1 fully saturated rings. The van der Waals surface area contributed by atoms with Crippen LogP contribution in [0.5, 0.6) is 5.75 Å². The lowest BCUT2D eigenvalue weighted by molar-refractivity contribution is -0.126. The Morgan fingerprint density at radius 1 is 1.34 bits per heavy atom. The number of alkyl halides is 1. The molecule has 1 aliphatic rings. The molecule has 10 heteroatoms. The Kier molecular flexibility index (Phi) is 7.38. The first-order chi connectivity index (χ1) is 16.3. The molecule has 1 saturated heterocycles. The zero-order valence-electron chi connectivity index (χ0n) is 20.6. The fourth-order valence-electron chi connectivity index (χ4n) is 4.44. The molecule has 0 unspecified atom stereocenters. The number of nitrogens with zero attached hydrogens (tertiary/aromatic N) is 1. The molecule has 0 bridgehead atoms. The largest absolute Gasteiger partial charge is 0.496 e. The number of fused-ring (bicyclic) bond motifs is 1. The van der Waals surface area contributed by atoms with Gasteiger partial charge in [-0.05, 0) is 58.7 Å². The number of carbonyl (C=O) groups excluding carboxylic acids is 3. The maximum Gasteiger partial charge on any atom is 0.268 e. The Labute approximate surface area is 203 Å². The van der Waals surface area contributed by atoms with Gasteiger partial charge >= 0.3 is 0 Å². The second kappa shape index (κ2) is 9.94. The van der Waals surface area contributed by atoms with Crippen LogP contribution in [0.2, 0.25) is 0 Å². The van der Waals surface area contributed by atoms with Crippen molar-refractivity contribution in [3.8, 4) is 11.8 Å². The molecule has 2 heterocycles. The number of nitriles is 1. The average molecular weight is 486 g/mol. The summed E-state index contributed by atoms with van der Waals surface area (Å²) in [6, 6.07) is 6.70. The van der Waals surface area contributed by atoms with Crippen LogP contribution in [0.4, 0.5) is 4.39 Å². The Morgan fingerprint density at radius 3 is 2.63 bits per heavy atom. The number of aromatic nitrogens is 1. The summed E-state index contributed by atoms with van der Waals surface area (Å²) < 4.78 is 19.8. The predicted octanol–water partition coefficient (Wildman–Crippen LogP) is 2.73. The van der Waals surface area contributed by atoms with E-state index in [1.54, 1.807) is 24.3 Å². The number of benzene rings is 1. The number of rotatable bonds is 9. The van der Waals surface area contributed by atoms with Gasteiger partial charge in [0.1, 0.15) is 29.2 Å². The van der Waals surface area contributed by atoms with Gasteiger partial charge in [-0.15, -0.1) is 0 Å². The first kappa shape index (κ1) is 26.0. The molecule has 4 N–H and O–H groups in total. The van der Waals surface area contributed by atoms with E-state index in [9.17, 15) is 24.0 Å². The SMILES string of the molecule is COc1cccc2[nH]c(C(=O)N[C@@H](CC(C)(C)F)C(=O)N[C@H](C#N)C[C@@H]3CC(C)(C)NC3=O)cc12. The van der Waals surface area contributed by atoms with Gasteiger partial charge in [0.2, 0.25) is 11.8 Å². The van der Waals surface area contributed by atoms with Crippen LogP contribution in [-0.2, 0) is 9.59 Å². The summed E-state index contributed by atoms with van der Waals surface area (Å²) in [6.45, 7) is 6.39. The third-order valence-electron chi connectivity index (χ3n) is 5.98. The fourth-order valence-corrected chi connectivity index (χ4v) is 4.44. The molecule has 3 rings (SSSR count). The van der Waals surface area contributed by atoms with Crippen molar-refractivity contribution in [2.24, 2.45) is 5.92 Å². The van der Waals surface area contributed by atoms with Gasteiger partial charge in [-0.2, -0.15) is 5.26 Å². The van der Waals surface area contributed by atoms with Gasteiger partial charge in [-0.3, -0.25) is 14.4 Å². The van der Waals surface area contributed by atoms with E-state index in [1.165, 1.54) is 21.0 Å². The second-order valence-corrected chi connectivity index (χ2v) is 10.3. The number of methoxy groups -OCH3 is 1. The third-order valence-corrected chi connectivity index (χ3v) is 5.98. The molecule has 188 valence electrons. The van der Waals surface area contributed by atoms with Gasteiger partial charge in [0.25, 0.3) is 5.91 Å². The molecule has 9 nitrogen and oxygen atoms in total. The van der Waals surface area contributed by atoms with Crippen LogP contribution in [0.1, 0.15) is 57.4 Å². The standard InChI is InChI=1S/C25H32FN5O4/c1-24(2,26)12-19(23(34)28-15(13-27)9-14-11-25(3,4)31-21(14)32)30-22(33)18-10-16-17(29-18)7-6-8-20(16)35-5/h6-8,10,14-15,19,29H,9,11-12H2,1-5H3,(H,28,34)(H,30,33)(H,31,32)/t14-,15+,19+/m1/s1. The van der Waals surface area contributed by atoms with E-state index < -0.39 is 35.5 Å². The average Bonchev–Trinajstić information content (AvgIpc) is 3.31. The molecule has 1 aromatic carbocycles. The highest BCUT2D eigenvalue weighted by Gasteiger charge is 2.39. The summed E-state index contributed by atoms with van der Waals surface area (Å²) in [5.74, 6) is -1.32. The van der Waals surface area contributed by atoms with Gasteiger partial charge in [0.05, 0.1) is 13.2 Å². The van der Waals surface area contributed by atoms with Crippen LogP contribution in [0.15, 0.2) is 24.3 Å². The zero-order valence-corrected chi connectivity index (χ0v) is 20.6. The quantitative estimate of drug-likeness (QED) is 0.433. The first-order valence-electron chi connectivity index (χ1n) is 11.5. The van der Waals surface area contributed by atoms with E-state index in [0.717, 1.165) is 0 Å². The second-order valence-electron chi connectivity index (χ2n) is 10.3. The lowest BCUT2D eigenvalue weighted by Crippen LogP contribution is -2.51. The fraction of sp³-hybridized carbons (Fsp3) is 0.520. The zero-order chi connectivity index (χ0) is 26.0. The first-order valence-corrected chi connectivity index (χ1v) is 11.5. The van der Waals surface area contributed by atoms with Crippen LogP contribution in [0.3, 0.4) is 0 Å². The van der Waals surface area contributed by atoms with E-state index in [-0.39, 0.29) is 30.0 Å². The Balaban J connectivity index is 1.74. The van der Waals surface area contributed by atoms with Crippen LogP contribution >= 0.6 is 0 Å². The highest BCUT2D eigenvalue weighted by atomic mass is 19.1. The lowest BCUT2D eigenvalue weighted by Gasteiger charge is -2.25. The highest BCUT2D eigenvalue weighted by molar-refractivity contribution is 6.01. The molecule has 0 aliphatic carbocycles. The number of ether oxygens (including phenoxy) is 1. The molecule has 35 heavy (non-hydrogen) atoms. The summed E-state index contributed by atoms with van der Waals surface area (Å²) >= 11 is 0. The maximum atomic E-state index is 14.5. The van der Waals surface area contributed by atoms with Crippen molar-refractivity contribution in [2.75, 3.05) is 7.11 Å². The number of hydrogen-bond donors (Lipinski definition) is 4. The lowest BCUT2D eigenvalue weighted by atomic mass is 9.91. The highest BCUT2D eigenvalue weighted by Crippen LogP contribution is 2.28. The van der Waals surface area contributed by atoms with Crippen LogP contribution in [0, 0.1) is 17.2 Å². The van der Waals surface area contributed by atoms with Crippen molar-refractivity contribution >= 4 is 28.6 Å². The van der Waals surface area contributed by atoms with Crippen molar-refractivity contribution < 1.29 is 23.5 Å². The van der Waals surface area contributed by atoms with Crippen LogP contribution < -0.4 is 20.7 Å². The van der Waals surface area contributed by atoms with E-state index in [1.807, 2.05) is 19.9 Å². The minimum absolute atomic E-state index is 0.124. The Morgan fingerprint density at radius 2 is 2.06 bits per heavy atom. The smallest absolute Gasteiger partial charge is 0.268 e. The number of halogens is 1. The molecule has 0 spiro atoms. The van der Waals surface area contributed by atoms with Gasteiger partial charge in [0.15, 0.2) is 0 Å².